The number of hydrogen-bond acceptors (Lipinski definition) is 4. The van der Waals surface area contributed by atoms with Gasteiger partial charge in [0, 0.05) is 57.4 Å². The highest BCUT2D eigenvalue weighted by molar-refractivity contribution is 5.97. The molecule has 0 bridgehead atoms. The van der Waals surface area contributed by atoms with Crippen LogP contribution in [0.4, 0.5) is 22.7 Å². The number of hydrogen-bond donors (Lipinski definition) is 0. The molecule has 6 aromatic carbocycles. The van der Waals surface area contributed by atoms with Crippen LogP contribution in [0.5, 0.6) is 0 Å². The maximum atomic E-state index is 4.60. The minimum atomic E-state index is -0.467. The van der Waals surface area contributed by atoms with E-state index in [1.165, 1.54) is 152 Å². The second kappa shape index (κ2) is 14.2. The van der Waals surface area contributed by atoms with Crippen LogP contribution in [0, 0.1) is 13.8 Å². The van der Waals surface area contributed by atoms with E-state index in [1.54, 1.807) is 0 Å². The highest BCUT2D eigenvalue weighted by Gasteiger charge is 2.59. The summed E-state index contributed by atoms with van der Waals surface area (Å²) in [6.07, 6.45) is 13.7. The Morgan fingerprint density at radius 2 is 0.754 bits per heavy atom. The Kier molecular flexibility index (Phi) is 8.46. The molecule has 4 unspecified atom stereocenters. The van der Waals surface area contributed by atoms with E-state index in [1.807, 2.05) is 12.4 Å². The van der Waals surface area contributed by atoms with Crippen LogP contribution in [0.1, 0.15) is 124 Å². The van der Waals surface area contributed by atoms with Crippen LogP contribution in [0.3, 0.4) is 0 Å². The maximum Gasteiger partial charge on any atom is 0.0725 e. The van der Waals surface area contributed by atoms with Crippen molar-refractivity contribution in [2.75, 3.05) is 9.80 Å². The zero-order chi connectivity index (χ0) is 46.7. The number of anilines is 4. The van der Waals surface area contributed by atoms with Crippen LogP contribution >= 0.6 is 0 Å². The SMILES string of the molecule is Cc1cc(N2c3ccc(-c4ccc5c(c4)C4(c6ccccc6-c6ccccc64)c4cc(-c6ccc7c(c6)C6(C)CCCCC6(C)N7c6ccnc(C)c6)ccc4-5)cc3C3(C)CCCCC23C)ccn1. The summed E-state index contributed by atoms with van der Waals surface area (Å²) in [6.45, 7) is 14.4. The molecule has 8 aromatic rings. The van der Waals surface area contributed by atoms with Gasteiger partial charge < -0.3 is 9.80 Å². The molecule has 6 aliphatic rings. The molecule has 2 saturated carbocycles. The van der Waals surface area contributed by atoms with Crippen LogP contribution in [0.15, 0.2) is 158 Å². The lowest BCUT2D eigenvalue weighted by Gasteiger charge is -2.50. The Morgan fingerprint density at radius 1 is 0.377 bits per heavy atom. The first kappa shape index (κ1) is 41.2. The summed E-state index contributed by atoms with van der Waals surface area (Å²) in [5, 5.41) is 0. The molecule has 4 heteroatoms. The van der Waals surface area contributed by atoms with E-state index >= 15 is 0 Å². The van der Waals surface area contributed by atoms with Crippen LogP contribution in [-0.4, -0.2) is 21.0 Å². The molecule has 4 heterocycles. The minimum Gasteiger partial charge on any atom is -0.334 e. The van der Waals surface area contributed by atoms with Crippen molar-refractivity contribution in [3.63, 3.8) is 0 Å². The number of aryl methyl sites for hydroxylation is 2. The fraction of sp³-hybridized carbons (Fsp3) is 0.292. The first-order chi connectivity index (χ1) is 33.5. The van der Waals surface area contributed by atoms with Gasteiger partial charge in [-0.3, -0.25) is 9.97 Å². The van der Waals surface area contributed by atoms with Gasteiger partial charge in [-0.1, -0.05) is 124 Å². The van der Waals surface area contributed by atoms with E-state index in [9.17, 15) is 0 Å². The number of rotatable bonds is 4. The largest absolute Gasteiger partial charge is 0.334 e. The van der Waals surface area contributed by atoms with Gasteiger partial charge in [0.2, 0.25) is 0 Å². The third kappa shape index (κ3) is 5.20. The molecule has 4 nitrogen and oxygen atoms in total. The van der Waals surface area contributed by atoms with Crippen LogP contribution in [-0.2, 0) is 16.2 Å². The number of benzene rings is 6. The minimum absolute atomic E-state index is 0.0165. The van der Waals surface area contributed by atoms with Crippen molar-refractivity contribution in [3.05, 3.63) is 203 Å². The van der Waals surface area contributed by atoms with Crippen molar-refractivity contribution in [1.29, 1.82) is 0 Å². The normalized spacial score (nSPS) is 25.1. The van der Waals surface area contributed by atoms with Crippen LogP contribution in [0.25, 0.3) is 44.5 Å². The molecular weight excluding hydrogens is 837 g/mol. The fourth-order valence-electron chi connectivity index (χ4n) is 15.5. The van der Waals surface area contributed by atoms with Crippen LogP contribution in [0.2, 0.25) is 0 Å². The lowest BCUT2D eigenvalue weighted by molar-refractivity contribution is 0.195. The van der Waals surface area contributed by atoms with Crippen molar-refractivity contribution in [3.8, 4) is 44.5 Å². The molecule has 2 aromatic heterocycles. The number of nitrogens with zero attached hydrogens (tertiary/aromatic N) is 4. The lowest BCUT2D eigenvalue weighted by atomic mass is 9.61. The Morgan fingerprint density at radius 3 is 1.19 bits per heavy atom. The average molecular weight is 897 g/mol. The van der Waals surface area contributed by atoms with E-state index in [-0.39, 0.29) is 21.9 Å². The lowest BCUT2D eigenvalue weighted by Crippen LogP contribution is -2.54. The topological polar surface area (TPSA) is 32.3 Å². The van der Waals surface area contributed by atoms with E-state index in [2.05, 4.69) is 207 Å². The zero-order valence-corrected chi connectivity index (χ0v) is 41.0. The van der Waals surface area contributed by atoms with Gasteiger partial charge in [-0.25, -0.2) is 0 Å². The zero-order valence-electron chi connectivity index (χ0n) is 41.0. The third-order valence-electron chi connectivity index (χ3n) is 19.2. The predicted octanol–water partition coefficient (Wildman–Crippen LogP) is 16.3. The summed E-state index contributed by atoms with van der Waals surface area (Å²) >= 11 is 0. The molecule has 0 N–H and O–H groups in total. The van der Waals surface area contributed by atoms with E-state index in [0.29, 0.717) is 0 Å². The summed E-state index contributed by atoms with van der Waals surface area (Å²) in [5.41, 5.74) is 25.8. The Balaban J connectivity index is 0.941. The molecule has 4 atom stereocenters. The van der Waals surface area contributed by atoms with Crippen molar-refractivity contribution in [2.45, 2.75) is 120 Å². The molecule has 2 aliphatic heterocycles. The van der Waals surface area contributed by atoms with E-state index in [4.69, 9.17) is 0 Å². The molecule has 0 radical (unpaired) electrons. The number of fused-ring (bicyclic) bond motifs is 16. The molecule has 340 valence electrons. The Labute approximate surface area is 408 Å². The van der Waals surface area contributed by atoms with Crippen molar-refractivity contribution in [2.24, 2.45) is 0 Å². The van der Waals surface area contributed by atoms with E-state index in [0.717, 1.165) is 11.4 Å². The highest BCUT2D eigenvalue weighted by Crippen LogP contribution is 2.66. The Hall–Kier alpha value is -6.78. The first-order valence-corrected chi connectivity index (χ1v) is 25.7. The summed E-state index contributed by atoms with van der Waals surface area (Å²) in [4.78, 5) is 14.5. The molecule has 69 heavy (non-hydrogen) atoms. The average Bonchev–Trinajstić information content (AvgIpc) is 3.97. The summed E-state index contributed by atoms with van der Waals surface area (Å²) in [5.74, 6) is 0. The second-order valence-corrected chi connectivity index (χ2v) is 22.4. The quantitative estimate of drug-likeness (QED) is 0.176. The number of aromatic nitrogens is 2. The third-order valence-corrected chi connectivity index (χ3v) is 19.2. The second-order valence-electron chi connectivity index (χ2n) is 22.4. The Bertz CT molecular complexity index is 3260. The molecule has 0 amide bonds. The monoisotopic (exact) mass is 896 g/mol. The van der Waals surface area contributed by atoms with Crippen molar-refractivity contribution < 1.29 is 0 Å². The van der Waals surface area contributed by atoms with Crippen molar-refractivity contribution in [1.82, 2.24) is 9.97 Å². The van der Waals surface area contributed by atoms with Gasteiger partial charge >= 0.3 is 0 Å². The van der Waals surface area contributed by atoms with Gasteiger partial charge in [-0.05, 0) is 192 Å². The van der Waals surface area contributed by atoms with Gasteiger partial charge in [0.05, 0.1) is 16.5 Å². The van der Waals surface area contributed by atoms with Gasteiger partial charge in [0.15, 0.2) is 0 Å². The predicted molar refractivity (Wildman–Crippen MR) is 284 cm³/mol. The van der Waals surface area contributed by atoms with Gasteiger partial charge in [-0.15, -0.1) is 0 Å². The molecule has 2 fully saturated rings. The maximum absolute atomic E-state index is 4.60. The molecular formula is C65H60N4. The van der Waals surface area contributed by atoms with Gasteiger partial charge in [0.1, 0.15) is 0 Å². The summed E-state index contributed by atoms with van der Waals surface area (Å²) < 4.78 is 0. The molecule has 0 saturated heterocycles. The summed E-state index contributed by atoms with van der Waals surface area (Å²) in [6, 6.07) is 57.1. The summed E-state index contributed by atoms with van der Waals surface area (Å²) in [7, 11) is 0. The van der Waals surface area contributed by atoms with Gasteiger partial charge in [-0.2, -0.15) is 0 Å². The van der Waals surface area contributed by atoms with Crippen LogP contribution < -0.4 is 9.80 Å². The van der Waals surface area contributed by atoms with E-state index < -0.39 is 5.41 Å². The highest BCUT2D eigenvalue weighted by atomic mass is 15.3. The molecule has 1 spiro atoms. The fourth-order valence-corrected chi connectivity index (χ4v) is 15.5. The van der Waals surface area contributed by atoms with Crippen molar-refractivity contribution >= 4 is 22.7 Å². The van der Waals surface area contributed by atoms with Gasteiger partial charge in [0.25, 0.3) is 0 Å². The molecule has 14 rings (SSSR count). The standard InChI is InChI=1S/C65H60N4/c1-41-35-47(27-33-66-41)68-59-25-21-45(39-57(59)61(3)29-11-13-31-63(61,68)5)43-19-23-51-52-24-20-44(38-56(52)65(55(51)37-43)53-17-9-7-15-49(53)50-16-8-10-18-54(50)65)46-22-26-60-58(40-46)62(4)30-12-14-32-64(62,6)69(60)48-28-34-67-42(2)36-48/h7-10,15-28,33-40H,11-14,29-32H2,1-6H3. The molecule has 4 aliphatic carbocycles. The smallest absolute Gasteiger partial charge is 0.0725 e. The first-order valence-electron chi connectivity index (χ1n) is 25.7. The number of pyridine rings is 2.